The lowest BCUT2D eigenvalue weighted by Gasteiger charge is -1.44. The van der Waals surface area contributed by atoms with Crippen LogP contribution in [0.4, 0.5) is 0 Å². The maximum atomic E-state index is 8.58. The Labute approximate surface area is 43.3 Å². The van der Waals surface area contributed by atoms with Gasteiger partial charge in [0.25, 0.3) is 0 Å². The number of allylic oxidation sites excluding steroid dienone is 2. The van der Waals surface area contributed by atoms with Crippen LogP contribution in [0.3, 0.4) is 0 Å². The third-order valence-corrected chi connectivity index (χ3v) is 0.167. The minimum absolute atomic E-state index is 0.250. The summed E-state index contributed by atoms with van der Waals surface area (Å²) < 4.78 is 0. The van der Waals surface area contributed by atoms with Gasteiger partial charge in [-0.1, -0.05) is 25.3 Å². The van der Waals surface area contributed by atoms with Crippen molar-refractivity contribution in [3.05, 3.63) is 25.3 Å². The molecule has 1 amide bonds. The summed E-state index contributed by atoms with van der Waals surface area (Å²) >= 11 is 0. The van der Waals surface area contributed by atoms with Gasteiger partial charge in [-0.3, -0.25) is 4.79 Å². The molecule has 7 heavy (non-hydrogen) atoms. The number of hydrogen-bond acceptors (Lipinski definition) is 1. The zero-order valence-corrected chi connectivity index (χ0v) is 4.13. The maximum Gasteiger partial charge on any atom is 0.204 e. The van der Waals surface area contributed by atoms with Crippen molar-refractivity contribution in [3.63, 3.8) is 0 Å². The lowest BCUT2D eigenvalue weighted by molar-refractivity contribution is -0.106. The van der Waals surface area contributed by atoms with Crippen LogP contribution in [-0.4, -0.2) is 6.41 Å². The van der Waals surface area contributed by atoms with Gasteiger partial charge in [-0.15, -0.1) is 0 Å². The van der Waals surface area contributed by atoms with Gasteiger partial charge in [-0.05, 0) is 0 Å². The van der Waals surface area contributed by atoms with E-state index in [0.29, 0.717) is 0 Å². The molecule has 0 aromatic rings. The average molecular weight is 99.1 g/mol. The number of rotatable bonds is 1. The molecule has 0 aliphatic carbocycles. The first-order chi connectivity index (χ1) is 3.33. The summed E-state index contributed by atoms with van der Waals surface area (Å²) in [6.45, 7) is 6.72. The first-order valence-corrected chi connectivity index (χ1v) is 1.72. The summed E-state index contributed by atoms with van der Waals surface area (Å²) in [5.74, 6) is 0. The molecule has 0 unspecified atom stereocenters. The Morgan fingerprint density at radius 1 is 1.29 bits per heavy atom. The van der Waals surface area contributed by atoms with Crippen molar-refractivity contribution >= 4 is 6.41 Å². The molecule has 0 atom stereocenters. The SMILES string of the molecule is C=CC=C.NC=O. The Kier molecular flexibility index (Phi) is 27.1. The molecule has 0 aromatic carbocycles. The molecule has 0 spiro atoms. The van der Waals surface area contributed by atoms with Crippen LogP contribution < -0.4 is 5.73 Å². The van der Waals surface area contributed by atoms with E-state index < -0.39 is 0 Å². The van der Waals surface area contributed by atoms with Crippen molar-refractivity contribution in [3.8, 4) is 0 Å². The second-order valence-electron chi connectivity index (χ2n) is 0.607. The van der Waals surface area contributed by atoms with Gasteiger partial charge < -0.3 is 5.73 Å². The van der Waals surface area contributed by atoms with Gasteiger partial charge in [-0.25, -0.2) is 0 Å². The fourth-order valence-corrected chi connectivity index (χ4v) is 0. The molecule has 0 bridgehead atoms. The number of carbonyl (C=O) groups excluding carboxylic acids is 1. The van der Waals surface area contributed by atoms with Gasteiger partial charge in [0, 0.05) is 0 Å². The van der Waals surface area contributed by atoms with Crippen LogP contribution in [0.5, 0.6) is 0 Å². The summed E-state index contributed by atoms with van der Waals surface area (Å²) in [7, 11) is 0. The third kappa shape index (κ3) is 17200. The van der Waals surface area contributed by atoms with Crippen LogP contribution in [0.15, 0.2) is 25.3 Å². The molecule has 0 aromatic heterocycles. The first-order valence-electron chi connectivity index (χ1n) is 1.72. The number of nitrogens with two attached hydrogens (primary N) is 1. The highest BCUT2D eigenvalue weighted by Gasteiger charge is 1.29. The minimum atomic E-state index is 0.250. The molecule has 0 saturated heterocycles. The molecule has 0 heterocycles. The zero-order chi connectivity index (χ0) is 6.12. The van der Waals surface area contributed by atoms with Crippen molar-refractivity contribution in [1.82, 2.24) is 0 Å². The monoisotopic (exact) mass is 99.1 g/mol. The smallest absolute Gasteiger partial charge is 0.204 e. The highest BCUT2D eigenvalue weighted by Crippen LogP contribution is 1.52. The molecular weight excluding hydrogens is 90.1 g/mol. The Morgan fingerprint density at radius 3 is 1.43 bits per heavy atom. The third-order valence-electron chi connectivity index (χ3n) is 0.167. The van der Waals surface area contributed by atoms with E-state index in [9.17, 15) is 0 Å². The van der Waals surface area contributed by atoms with Crippen LogP contribution in [-0.2, 0) is 4.79 Å². The van der Waals surface area contributed by atoms with Crippen LogP contribution in [0, 0.1) is 0 Å². The summed E-state index contributed by atoms with van der Waals surface area (Å²) in [6, 6.07) is 0. The van der Waals surface area contributed by atoms with Crippen molar-refractivity contribution in [2.75, 3.05) is 0 Å². The summed E-state index contributed by atoms with van der Waals surface area (Å²) in [4.78, 5) is 8.58. The molecule has 0 aliphatic rings. The quantitative estimate of drug-likeness (QED) is 0.376. The van der Waals surface area contributed by atoms with E-state index in [1.807, 2.05) is 0 Å². The number of primary amides is 1. The highest BCUT2D eigenvalue weighted by atomic mass is 16.1. The predicted molar refractivity (Wildman–Crippen MR) is 30.6 cm³/mol. The summed E-state index contributed by atoms with van der Waals surface area (Å²) in [5, 5.41) is 0. The largest absolute Gasteiger partial charge is 0.372 e. The van der Waals surface area contributed by atoms with E-state index in [1.54, 1.807) is 12.2 Å². The van der Waals surface area contributed by atoms with Gasteiger partial charge in [0.15, 0.2) is 0 Å². The van der Waals surface area contributed by atoms with Crippen molar-refractivity contribution < 1.29 is 4.79 Å². The van der Waals surface area contributed by atoms with E-state index in [2.05, 4.69) is 18.9 Å². The Hall–Kier alpha value is -1.05. The molecule has 0 radical (unpaired) electrons. The summed E-state index contributed by atoms with van der Waals surface area (Å²) in [6.07, 6.45) is 3.53. The molecule has 2 heteroatoms. The highest BCUT2D eigenvalue weighted by molar-refractivity contribution is 5.42. The number of amides is 1. The molecular formula is C5H9NO. The van der Waals surface area contributed by atoms with Crippen molar-refractivity contribution in [2.45, 2.75) is 0 Å². The lowest BCUT2D eigenvalue weighted by atomic mass is 10.6. The van der Waals surface area contributed by atoms with Gasteiger partial charge in [0.1, 0.15) is 0 Å². The molecule has 0 rings (SSSR count). The standard InChI is InChI=1S/C4H6.CH3NO/c1-3-4-2;2-1-3/h3-4H,1-2H2;1H,(H2,2,3). The van der Waals surface area contributed by atoms with E-state index >= 15 is 0 Å². The molecule has 0 saturated carbocycles. The van der Waals surface area contributed by atoms with Gasteiger partial charge >= 0.3 is 0 Å². The second kappa shape index (κ2) is 20.3. The van der Waals surface area contributed by atoms with E-state index in [0.717, 1.165) is 0 Å². The molecule has 2 N–H and O–H groups in total. The average Bonchev–Trinajstić information content (AvgIpc) is 1.69. The molecule has 0 aliphatic heterocycles. The van der Waals surface area contributed by atoms with Gasteiger partial charge in [-0.2, -0.15) is 0 Å². The predicted octanol–water partition coefficient (Wildman–Crippen LogP) is 0.460. The zero-order valence-electron chi connectivity index (χ0n) is 4.13. The first kappa shape index (κ1) is 9.34. The van der Waals surface area contributed by atoms with Crippen molar-refractivity contribution in [2.24, 2.45) is 5.73 Å². The van der Waals surface area contributed by atoms with E-state index in [1.165, 1.54) is 0 Å². The minimum Gasteiger partial charge on any atom is -0.372 e. The number of carbonyl (C=O) groups is 1. The summed E-state index contributed by atoms with van der Waals surface area (Å²) in [5.41, 5.74) is 4.17. The normalized spacial score (nSPS) is 4.57. The van der Waals surface area contributed by atoms with Crippen LogP contribution in [0.1, 0.15) is 0 Å². The van der Waals surface area contributed by atoms with Crippen LogP contribution in [0.25, 0.3) is 0 Å². The topological polar surface area (TPSA) is 43.1 Å². The van der Waals surface area contributed by atoms with Crippen LogP contribution in [0.2, 0.25) is 0 Å². The van der Waals surface area contributed by atoms with Crippen molar-refractivity contribution in [1.29, 1.82) is 0 Å². The number of hydrogen-bond donors (Lipinski definition) is 1. The molecule has 0 fully saturated rings. The molecule has 2 nitrogen and oxygen atoms in total. The van der Waals surface area contributed by atoms with E-state index in [-0.39, 0.29) is 6.41 Å². The van der Waals surface area contributed by atoms with E-state index in [4.69, 9.17) is 4.79 Å². The maximum absolute atomic E-state index is 8.58. The van der Waals surface area contributed by atoms with Crippen LogP contribution >= 0.6 is 0 Å². The Balaban J connectivity index is 0. The second-order valence-corrected chi connectivity index (χ2v) is 0.607. The van der Waals surface area contributed by atoms with Gasteiger partial charge in [0.2, 0.25) is 6.41 Å². The lowest BCUT2D eigenvalue weighted by Crippen LogP contribution is -1.82. The fraction of sp³-hybridized carbons (Fsp3) is 0. The Morgan fingerprint density at radius 2 is 1.43 bits per heavy atom. The Bertz CT molecular complexity index is 53.1. The fourth-order valence-electron chi connectivity index (χ4n) is 0. The molecule has 40 valence electrons. The van der Waals surface area contributed by atoms with Gasteiger partial charge in [0.05, 0.1) is 0 Å².